The molecule has 32 heavy (non-hydrogen) atoms. The number of carbonyl (C=O) groups is 1. The van der Waals surface area contributed by atoms with Crippen LogP contribution in [-0.2, 0) is 11.2 Å². The Morgan fingerprint density at radius 3 is 2.38 bits per heavy atom. The predicted molar refractivity (Wildman–Crippen MR) is 127 cm³/mol. The zero-order valence-electron chi connectivity index (χ0n) is 17.8. The second-order valence-electron chi connectivity index (χ2n) is 7.04. The molecule has 3 aromatic carbocycles. The molecular weight excluding hydrogens is 420 g/mol. The molecule has 0 spiro atoms. The van der Waals surface area contributed by atoms with Crippen molar-refractivity contribution in [3.63, 3.8) is 0 Å². The van der Waals surface area contributed by atoms with Crippen molar-refractivity contribution in [1.82, 2.24) is 20.1 Å². The van der Waals surface area contributed by atoms with E-state index in [1.165, 1.54) is 11.8 Å². The average Bonchev–Trinajstić information content (AvgIpc) is 3.28. The summed E-state index contributed by atoms with van der Waals surface area (Å²) in [7, 11) is 1.65. The topological polar surface area (TPSA) is 69.0 Å². The van der Waals surface area contributed by atoms with E-state index in [1.54, 1.807) is 7.11 Å². The maximum Gasteiger partial charge on any atom is 0.230 e. The number of hydrogen-bond donors (Lipinski definition) is 1. The van der Waals surface area contributed by atoms with Crippen LogP contribution in [0.2, 0.25) is 0 Å². The van der Waals surface area contributed by atoms with E-state index in [1.807, 2.05) is 89.5 Å². The molecule has 0 aliphatic rings. The van der Waals surface area contributed by atoms with Gasteiger partial charge in [-0.05, 0) is 30.2 Å². The lowest BCUT2D eigenvalue weighted by molar-refractivity contribution is -0.118. The van der Waals surface area contributed by atoms with Crippen LogP contribution in [0.15, 0.2) is 90.1 Å². The average molecular weight is 445 g/mol. The molecule has 162 valence electrons. The third-order valence-corrected chi connectivity index (χ3v) is 5.85. The number of rotatable bonds is 9. The van der Waals surface area contributed by atoms with Gasteiger partial charge in [-0.3, -0.25) is 9.36 Å². The van der Waals surface area contributed by atoms with Gasteiger partial charge in [-0.2, -0.15) is 0 Å². The molecule has 0 saturated carbocycles. The SMILES string of the molecule is COc1ccccc1CCNC(=O)CSc1nnc(-c2ccccc2)n1-c1ccccc1. The van der Waals surface area contributed by atoms with Crippen molar-refractivity contribution in [2.75, 3.05) is 19.4 Å². The highest BCUT2D eigenvalue weighted by atomic mass is 32.2. The number of aromatic nitrogens is 3. The predicted octanol–water partition coefficient (Wildman–Crippen LogP) is 4.39. The van der Waals surface area contributed by atoms with Gasteiger partial charge in [0.1, 0.15) is 5.75 Å². The minimum atomic E-state index is -0.0474. The Kier molecular flexibility index (Phi) is 7.19. The molecule has 0 unspecified atom stereocenters. The Bertz CT molecular complexity index is 1160. The van der Waals surface area contributed by atoms with Crippen LogP contribution in [0.4, 0.5) is 0 Å². The molecule has 7 heteroatoms. The number of para-hydroxylation sites is 2. The van der Waals surface area contributed by atoms with E-state index in [4.69, 9.17) is 4.74 Å². The van der Waals surface area contributed by atoms with E-state index < -0.39 is 0 Å². The molecule has 0 aliphatic heterocycles. The normalized spacial score (nSPS) is 10.7. The van der Waals surface area contributed by atoms with Gasteiger partial charge in [0, 0.05) is 17.8 Å². The summed E-state index contributed by atoms with van der Waals surface area (Å²) in [6.07, 6.45) is 0.707. The number of nitrogens with zero attached hydrogens (tertiary/aromatic N) is 3. The molecule has 0 fully saturated rings. The third kappa shape index (κ3) is 5.18. The molecule has 6 nitrogen and oxygen atoms in total. The first-order valence-corrected chi connectivity index (χ1v) is 11.3. The van der Waals surface area contributed by atoms with Crippen LogP contribution in [0.5, 0.6) is 5.75 Å². The number of carbonyl (C=O) groups excluding carboxylic acids is 1. The van der Waals surface area contributed by atoms with Crippen LogP contribution in [-0.4, -0.2) is 40.1 Å². The summed E-state index contributed by atoms with van der Waals surface area (Å²) in [5, 5.41) is 12.4. The van der Waals surface area contributed by atoms with E-state index >= 15 is 0 Å². The van der Waals surface area contributed by atoms with Crippen LogP contribution >= 0.6 is 11.8 Å². The maximum absolute atomic E-state index is 12.5. The minimum absolute atomic E-state index is 0.0474. The number of ether oxygens (including phenoxy) is 1. The molecular formula is C25H24N4O2S. The van der Waals surface area contributed by atoms with Crippen molar-refractivity contribution in [3.8, 4) is 22.8 Å². The van der Waals surface area contributed by atoms with Crippen molar-refractivity contribution in [1.29, 1.82) is 0 Å². The van der Waals surface area contributed by atoms with Gasteiger partial charge >= 0.3 is 0 Å². The zero-order valence-corrected chi connectivity index (χ0v) is 18.6. The van der Waals surface area contributed by atoms with E-state index in [0.29, 0.717) is 18.1 Å². The molecule has 1 N–H and O–H groups in total. The molecule has 0 radical (unpaired) electrons. The van der Waals surface area contributed by atoms with E-state index in [-0.39, 0.29) is 11.7 Å². The highest BCUT2D eigenvalue weighted by Crippen LogP contribution is 2.27. The first-order valence-electron chi connectivity index (χ1n) is 10.3. The fourth-order valence-electron chi connectivity index (χ4n) is 3.37. The summed E-state index contributed by atoms with van der Waals surface area (Å²) in [6.45, 7) is 0.542. The Balaban J connectivity index is 1.43. The molecule has 1 heterocycles. The Morgan fingerprint density at radius 1 is 0.938 bits per heavy atom. The lowest BCUT2D eigenvalue weighted by atomic mass is 10.1. The smallest absolute Gasteiger partial charge is 0.230 e. The number of hydrogen-bond acceptors (Lipinski definition) is 5. The third-order valence-electron chi connectivity index (χ3n) is 4.92. The first-order chi connectivity index (χ1) is 15.8. The zero-order chi connectivity index (χ0) is 22.2. The van der Waals surface area contributed by atoms with Crippen LogP contribution in [0.25, 0.3) is 17.1 Å². The fourth-order valence-corrected chi connectivity index (χ4v) is 4.16. The van der Waals surface area contributed by atoms with E-state index in [0.717, 1.165) is 28.4 Å². The summed E-state index contributed by atoms with van der Waals surface area (Å²) in [5.41, 5.74) is 2.99. The highest BCUT2D eigenvalue weighted by Gasteiger charge is 2.17. The molecule has 1 amide bonds. The van der Waals surface area contributed by atoms with Gasteiger partial charge in [0.05, 0.1) is 12.9 Å². The summed E-state index contributed by atoms with van der Waals surface area (Å²) >= 11 is 1.37. The van der Waals surface area contributed by atoms with Crippen molar-refractivity contribution >= 4 is 17.7 Å². The van der Waals surface area contributed by atoms with Crippen molar-refractivity contribution in [2.24, 2.45) is 0 Å². The largest absolute Gasteiger partial charge is 0.496 e. The standard InChI is InChI=1S/C25H24N4O2S/c1-31-22-15-9-8-10-19(22)16-17-26-23(30)18-32-25-28-27-24(20-11-4-2-5-12-20)29(25)21-13-6-3-7-14-21/h2-15H,16-18H2,1H3,(H,26,30). The van der Waals surface area contributed by atoms with E-state index in [2.05, 4.69) is 15.5 Å². The lowest BCUT2D eigenvalue weighted by Gasteiger charge is -2.11. The number of thioether (sulfide) groups is 1. The van der Waals surface area contributed by atoms with Gasteiger partial charge in [0.15, 0.2) is 11.0 Å². The molecule has 0 aliphatic carbocycles. The van der Waals surface area contributed by atoms with E-state index in [9.17, 15) is 4.79 Å². The Morgan fingerprint density at radius 2 is 1.62 bits per heavy atom. The Labute approximate surface area is 191 Å². The summed E-state index contributed by atoms with van der Waals surface area (Å²) in [5.74, 6) is 1.79. The minimum Gasteiger partial charge on any atom is -0.496 e. The van der Waals surface area contributed by atoms with Gasteiger partial charge in [-0.15, -0.1) is 10.2 Å². The van der Waals surface area contributed by atoms with Gasteiger partial charge in [0.25, 0.3) is 0 Å². The Hall–Kier alpha value is -3.58. The molecule has 4 rings (SSSR count). The first kappa shape index (κ1) is 21.6. The number of methoxy groups -OCH3 is 1. The monoisotopic (exact) mass is 444 g/mol. The lowest BCUT2D eigenvalue weighted by Crippen LogP contribution is -2.27. The number of benzene rings is 3. The van der Waals surface area contributed by atoms with Gasteiger partial charge in [0.2, 0.25) is 5.91 Å². The van der Waals surface area contributed by atoms with Gasteiger partial charge in [-0.25, -0.2) is 0 Å². The maximum atomic E-state index is 12.5. The fraction of sp³-hybridized carbons (Fsp3) is 0.160. The molecule has 0 bridgehead atoms. The van der Waals surface area contributed by atoms with Crippen molar-refractivity contribution in [3.05, 3.63) is 90.5 Å². The summed E-state index contributed by atoms with van der Waals surface area (Å²) in [4.78, 5) is 12.5. The van der Waals surface area contributed by atoms with Crippen molar-refractivity contribution < 1.29 is 9.53 Å². The highest BCUT2D eigenvalue weighted by molar-refractivity contribution is 7.99. The number of nitrogens with one attached hydrogen (secondary N) is 1. The quantitative estimate of drug-likeness (QED) is 0.388. The second-order valence-corrected chi connectivity index (χ2v) is 7.99. The number of amides is 1. The van der Waals surface area contributed by atoms with Crippen LogP contribution < -0.4 is 10.1 Å². The van der Waals surface area contributed by atoms with Gasteiger partial charge < -0.3 is 10.1 Å². The van der Waals surface area contributed by atoms with Crippen LogP contribution in [0.1, 0.15) is 5.56 Å². The summed E-state index contributed by atoms with van der Waals surface area (Å²) in [6, 6.07) is 27.7. The molecule has 4 aromatic rings. The van der Waals surface area contributed by atoms with Crippen LogP contribution in [0.3, 0.4) is 0 Å². The second kappa shape index (κ2) is 10.6. The summed E-state index contributed by atoms with van der Waals surface area (Å²) < 4.78 is 7.36. The van der Waals surface area contributed by atoms with Crippen LogP contribution in [0, 0.1) is 0 Å². The molecule has 0 saturated heterocycles. The molecule has 1 aromatic heterocycles. The molecule has 0 atom stereocenters. The van der Waals surface area contributed by atoms with Crippen molar-refractivity contribution in [2.45, 2.75) is 11.6 Å². The van der Waals surface area contributed by atoms with Gasteiger partial charge in [-0.1, -0.05) is 78.5 Å².